The van der Waals surface area contributed by atoms with E-state index in [1.54, 1.807) is 0 Å². The van der Waals surface area contributed by atoms with Gasteiger partial charge in [-0.3, -0.25) is 0 Å². The largest absolute Gasteiger partial charge is 0.0882 e. The third kappa shape index (κ3) is 0.829. The number of allylic oxidation sites excluding steroid dienone is 2. The van der Waals surface area contributed by atoms with Crippen LogP contribution in [0.15, 0.2) is 12.2 Å². The Kier molecular flexibility index (Phi) is 1.32. The molecule has 0 aliphatic heterocycles. The molecule has 0 radical (unpaired) electrons. The first-order chi connectivity index (χ1) is 4.23. The van der Waals surface area contributed by atoms with Gasteiger partial charge in [0.25, 0.3) is 0 Å². The van der Waals surface area contributed by atoms with E-state index in [4.69, 9.17) is 0 Å². The second-order valence-corrected chi connectivity index (χ2v) is 6.52. The Hall–Kier alpha value is 0.700. The molecular formula is C7H8Br2. The van der Waals surface area contributed by atoms with Crippen LogP contribution < -0.4 is 0 Å². The molecule has 0 spiro atoms. The van der Waals surface area contributed by atoms with E-state index in [1.807, 2.05) is 0 Å². The summed E-state index contributed by atoms with van der Waals surface area (Å²) < 4.78 is 0.309. The van der Waals surface area contributed by atoms with Crippen LogP contribution in [0.1, 0.15) is 12.8 Å². The molecule has 0 heterocycles. The van der Waals surface area contributed by atoms with E-state index in [2.05, 4.69) is 44.0 Å². The Morgan fingerprint density at radius 2 is 1.56 bits per heavy atom. The highest BCUT2D eigenvalue weighted by atomic mass is 79.9. The van der Waals surface area contributed by atoms with Crippen LogP contribution in [0.2, 0.25) is 0 Å². The maximum atomic E-state index is 3.66. The quantitative estimate of drug-likeness (QED) is 0.459. The first-order valence-corrected chi connectivity index (χ1v) is 4.84. The van der Waals surface area contributed by atoms with Crippen molar-refractivity contribution >= 4 is 31.9 Å². The SMILES string of the molecule is BrC1(Br)C2CC=CCC21. The molecule has 0 nitrogen and oxygen atoms in total. The molecule has 50 valence electrons. The van der Waals surface area contributed by atoms with Gasteiger partial charge in [0.15, 0.2) is 0 Å². The maximum Gasteiger partial charge on any atom is 0.0874 e. The Bertz CT molecular complexity index is 144. The number of hydrogen-bond acceptors (Lipinski definition) is 0. The normalized spacial score (nSPS) is 44.2. The minimum Gasteiger partial charge on any atom is -0.0882 e. The third-order valence-electron chi connectivity index (χ3n) is 2.31. The summed E-state index contributed by atoms with van der Waals surface area (Å²) >= 11 is 7.31. The van der Waals surface area contributed by atoms with Gasteiger partial charge in [-0.1, -0.05) is 44.0 Å². The van der Waals surface area contributed by atoms with E-state index in [0.717, 1.165) is 11.8 Å². The summed E-state index contributed by atoms with van der Waals surface area (Å²) in [7, 11) is 0. The second kappa shape index (κ2) is 1.85. The highest BCUT2D eigenvalue weighted by Crippen LogP contribution is 2.66. The van der Waals surface area contributed by atoms with Crippen LogP contribution in [0.5, 0.6) is 0 Å². The molecule has 0 aromatic rings. The second-order valence-electron chi connectivity index (χ2n) is 2.83. The van der Waals surface area contributed by atoms with Gasteiger partial charge in [0.2, 0.25) is 0 Å². The lowest BCUT2D eigenvalue weighted by atomic mass is 10.1. The predicted octanol–water partition coefficient (Wildman–Crippen LogP) is 3.07. The van der Waals surface area contributed by atoms with Crippen molar-refractivity contribution in [3.8, 4) is 0 Å². The van der Waals surface area contributed by atoms with Gasteiger partial charge in [-0.15, -0.1) is 0 Å². The van der Waals surface area contributed by atoms with Crippen molar-refractivity contribution in [2.75, 3.05) is 0 Å². The van der Waals surface area contributed by atoms with Crippen LogP contribution in [-0.2, 0) is 0 Å². The summed E-state index contributed by atoms with van der Waals surface area (Å²) in [4.78, 5) is 0. The lowest BCUT2D eigenvalue weighted by Gasteiger charge is -1.95. The number of rotatable bonds is 0. The van der Waals surface area contributed by atoms with E-state index in [-0.39, 0.29) is 0 Å². The molecule has 9 heavy (non-hydrogen) atoms. The summed E-state index contributed by atoms with van der Waals surface area (Å²) in [6, 6.07) is 0. The molecule has 2 aliphatic rings. The molecule has 0 saturated heterocycles. The van der Waals surface area contributed by atoms with Crippen molar-refractivity contribution in [2.45, 2.75) is 16.1 Å². The molecule has 2 rings (SSSR count). The average Bonchev–Trinajstić information content (AvgIpc) is 2.39. The van der Waals surface area contributed by atoms with Crippen LogP contribution >= 0.6 is 31.9 Å². The number of fused-ring (bicyclic) bond motifs is 1. The zero-order chi connectivity index (χ0) is 6.48. The molecule has 0 aromatic heterocycles. The molecule has 2 atom stereocenters. The van der Waals surface area contributed by atoms with Crippen LogP contribution in [0.4, 0.5) is 0 Å². The highest BCUT2D eigenvalue weighted by molar-refractivity contribution is 9.25. The fraction of sp³-hybridized carbons (Fsp3) is 0.714. The van der Waals surface area contributed by atoms with Crippen molar-refractivity contribution < 1.29 is 0 Å². The average molecular weight is 252 g/mol. The molecule has 0 N–H and O–H groups in total. The van der Waals surface area contributed by atoms with Crippen LogP contribution in [0.25, 0.3) is 0 Å². The van der Waals surface area contributed by atoms with Gasteiger partial charge in [-0.05, 0) is 24.7 Å². The molecule has 0 aromatic carbocycles. The monoisotopic (exact) mass is 250 g/mol. The van der Waals surface area contributed by atoms with Crippen LogP contribution in [0.3, 0.4) is 0 Å². The van der Waals surface area contributed by atoms with E-state index >= 15 is 0 Å². The molecular weight excluding hydrogens is 244 g/mol. The lowest BCUT2D eigenvalue weighted by molar-refractivity contribution is 0.689. The van der Waals surface area contributed by atoms with Gasteiger partial charge in [0.05, 0.1) is 3.23 Å². The van der Waals surface area contributed by atoms with Gasteiger partial charge in [-0.2, -0.15) is 0 Å². The Balaban J connectivity index is 2.14. The first kappa shape index (κ1) is 6.41. The summed E-state index contributed by atoms with van der Waals surface area (Å²) in [6.45, 7) is 0. The summed E-state index contributed by atoms with van der Waals surface area (Å²) in [5, 5.41) is 0. The van der Waals surface area contributed by atoms with Crippen LogP contribution in [0, 0.1) is 11.8 Å². The van der Waals surface area contributed by atoms with Crippen molar-refractivity contribution in [3.05, 3.63) is 12.2 Å². The molecule has 1 saturated carbocycles. The molecule has 2 unspecified atom stereocenters. The molecule has 0 amide bonds. The Morgan fingerprint density at radius 3 is 1.89 bits per heavy atom. The minimum atomic E-state index is 0.309. The number of alkyl halides is 2. The molecule has 2 aliphatic carbocycles. The maximum absolute atomic E-state index is 3.66. The van der Waals surface area contributed by atoms with Crippen molar-refractivity contribution in [3.63, 3.8) is 0 Å². The fourth-order valence-corrected chi connectivity index (χ4v) is 3.35. The van der Waals surface area contributed by atoms with Crippen molar-refractivity contribution in [2.24, 2.45) is 11.8 Å². The third-order valence-corrected chi connectivity index (χ3v) is 4.66. The minimum absolute atomic E-state index is 0.309. The Morgan fingerprint density at radius 1 is 1.11 bits per heavy atom. The summed E-state index contributed by atoms with van der Waals surface area (Å²) in [6.07, 6.45) is 7.07. The fourth-order valence-electron chi connectivity index (χ4n) is 1.59. The van der Waals surface area contributed by atoms with Gasteiger partial charge >= 0.3 is 0 Å². The summed E-state index contributed by atoms with van der Waals surface area (Å²) in [5.74, 6) is 1.73. The molecule has 2 heteroatoms. The van der Waals surface area contributed by atoms with Gasteiger partial charge in [-0.25, -0.2) is 0 Å². The van der Waals surface area contributed by atoms with Crippen molar-refractivity contribution in [1.29, 1.82) is 0 Å². The summed E-state index contributed by atoms with van der Waals surface area (Å²) in [5.41, 5.74) is 0. The van der Waals surface area contributed by atoms with Gasteiger partial charge in [0, 0.05) is 0 Å². The van der Waals surface area contributed by atoms with Gasteiger partial charge in [0.1, 0.15) is 0 Å². The molecule has 0 bridgehead atoms. The topological polar surface area (TPSA) is 0 Å². The van der Waals surface area contributed by atoms with Gasteiger partial charge < -0.3 is 0 Å². The number of halogens is 2. The van der Waals surface area contributed by atoms with E-state index in [0.29, 0.717) is 3.23 Å². The molecule has 1 fully saturated rings. The van der Waals surface area contributed by atoms with E-state index in [1.165, 1.54) is 12.8 Å². The zero-order valence-corrected chi connectivity index (χ0v) is 8.15. The highest BCUT2D eigenvalue weighted by Gasteiger charge is 2.60. The van der Waals surface area contributed by atoms with E-state index < -0.39 is 0 Å². The standard InChI is InChI=1S/C7H8Br2/c8-7(9)5-3-1-2-4-6(5)7/h1-2,5-6H,3-4H2. The van der Waals surface area contributed by atoms with Crippen LogP contribution in [-0.4, -0.2) is 3.23 Å². The predicted molar refractivity (Wildman–Crippen MR) is 45.9 cm³/mol. The lowest BCUT2D eigenvalue weighted by Crippen LogP contribution is -1.84. The van der Waals surface area contributed by atoms with Crippen molar-refractivity contribution in [1.82, 2.24) is 0 Å². The Labute approximate surface area is 72.0 Å². The first-order valence-electron chi connectivity index (χ1n) is 3.25. The van der Waals surface area contributed by atoms with E-state index in [9.17, 15) is 0 Å². The number of hydrogen-bond donors (Lipinski definition) is 0. The zero-order valence-electron chi connectivity index (χ0n) is 4.98. The smallest absolute Gasteiger partial charge is 0.0874 e.